The largest absolute Gasteiger partial charge is 0.326 e. The van der Waals surface area contributed by atoms with Crippen molar-refractivity contribution in [1.82, 2.24) is 0 Å². The Labute approximate surface area is 81.1 Å². The second-order valence-electron chi connectivity index (χ2n) is 3.09. The van der Waals surface area contributed by atoms with Crippen molar-refractivity contribution in [2.75, 3.05) is 7.11 Å². The molecule has 0 saturated heterocycles. The summed E-state index contributed by atoms with van der Waals surface area (Å²) in [6.45, 7) is 6.26. The van der Waals surface area contributed by atoms with Gasteiger partial charge in [0, 0.05) is 0 Å². The minimum atomic E-state index is 0.458. The van der Waals surface area contributed by atoms with Crippen LogP contribution in [0.1, 0.15) is 40.0 Å². The molecular weight excluding hydrogens is 166 g/mol. The van der Waals surface area contributed by atoms with Gasteiger partial charge in [0.2, 0.25) is 6.40 Å². The zero-order chi connectivity index (χ0) is 10.1. The first-order chi connectivity index (χ1) is 6.33. The van der Waals surface area contributed by atoms with E-state index in [4.69, 9.17) is 0 Å². The maximum absolute atomic E-state index is 4.54. The van der Waals surface area contributed by atoms with Crippen LogP contribution in [-0.2, 0) is 9.78 Å². The molecular formula is C10H21NO2. The highest BCUT2D eigenvalue weighted by Gasteiger charge is 2.19. The van der Waals surface area contributed by atoms with E-state index in [0.29, 0.717) is 6.04 Å². The Morgan fingerprint density at radius 2 is 2.00 bits per heavy atom. The summed E-state index contributed by atoms with van der Waals surface area (Å²) in [6, 6.07) is 0.458. The summed E-state index contributed by atoms with van der Waals surface area (Å²) in [6.07, 6.45) is 5.05. The summed E-state index contributed by atoms with van der Waals surface area (Å²) in [4.78, 5) is 13.1. The molecule has 3 heteroatoms. The number of nitrogens with zero attached hydrogens (tertiary/aromatic N) is 1. The topological polar surface area (TPSA) is 30.8 Å². The van der Waals surface area contributed by atoms with Gasteiger partial charge in [0.05, 0.1) is 13.2 Å². The Balaban J connectivity index is 0.000000671. The SMILES string of the molecule is CC.COOC=N[C@@H]1CC[C@H](C)C1. The standard InChI is InChI=1S/C8H15NO2.C2H6/c1-7-3-4-8(5-7)9-6-11-10-2;1-2/h6-8H,3-5H2,1-2H3;1-2H3/t7-,8+;/m0./s1. The van der Waals surface area contributed by atoms with Crippen molar-refractivity contribution in [2.24, 2.45) is 10.9 Å². The molecule has 0 N–H and O–H groups in total. The molecule has 0 amide bonds. The van der Waals surface area contributed by atoms with E-state index in [9.17, 15) is 0 Å². The summed E-state index contributed by atoms with van der Waals surface area (Å²) < 4.78 is 0. The van der Waals surface area contributed by atoms with Gasteiger partial charge in [0.25, 0.3) is 0 Å². The molecule has 1 aliphatic rings. The molecule has 0 heterocycles. The Bertz CT molecular complexity index is 137. The molecule has 13 heavy (non-hydrogen) atoms. The summed E-state index contributed by atoms with van der Waals surface area (Å²) >= 11 is 0. The van der Waals surface area contributed by atoms with E-state index in [-0.39, 0.29) is 0 Å². The van der Waals surface area contributed by atoms with Crippen LogP contribution in [0.3, 0.4) is 0 Å². The molecule has 3 nitrogen and oxygen atoms in total. The number of hydrogen-bond donors (Lipinski definition) is 0. The van der Waals surface area contributed by atoms with Crippen molar-refractivity contribution in [3.63, 3.8) is 0 Å². The van der Waals surface area contributed by atoms with E-state index in [0.717, 1.165) is 5.92 Å². The van der Waals surface area contributed by atoms with E-state index in [1.807, 2.05) is 13.8 Å². The fourth-order valence-corrected chi connectivity index (χ4v) is 1.47. The minimum absolute atomic E-state index is 0.458. The van der Waals surface area contributed by atoms with Crippen LogP contribution < -0.4 is 0 Å². The highest BCUT2D eigenvalue weighted by Crippen LogP contribution is 2.26. The average Bonchev–Trinajstić information content (AvgIpc) is 2.56. The third kappa shape index (κ3) is 5.64. The van der Waals surface area contributed by atoms with Gasteiger partial charge >= 0.3 is 0 Å². The van der Waals surface area contributed by atoms with Crippen molar-refractivity contribution in [3.8, 4) is 0 Å². The van der Waals surface area contributed by atoms with Crippen LogP contribution in [0.2, 0.25) is 0 Å². The van der Waals surface area contributed by atoms with Crippen LogP contribution >= 0.6 is 0 Å². The summed E-state index contributed by atoms with van der Waals surface area (Å²) in [7, 11) is 1.48. The van der Waals surface area contributed by atoms with Gasteiger partial charge in [0.15, 0.2) is 0 Å². The molecule has 0 bridgehead atoms. The Hall–Kier alpha value is -0.570. The lowest BCUT2D eigenvalue weighted by Gasteiger charge is -2.00. The van der Waals surface area contributed by atoms with Crippen molar-refractivity contribution in [3.05, 3.63) is 0 Å². The van der Waals surface area contributed by atoms with Gasteiger partial charge in [-0.3, -0.25) is 4.99 Å². The molecule has 0 unspecified atom stereocenters. The molecule has 0 spiro atoms. The van der Waals surface area contributed by atoms with Crippen LogP contribution in [0.15, 0.2) is 4.99 Å². The van der Waals surface area contributed by atoms with E-state index in [2.05, 4.69) is 21.7 Å². The fourth-order valence-electron chi connectivity index (χ4n) is 1.47. The fraction of sp³-hybridized carbons (Fsp3) is 0.900. The molecule has 1 saturated carbocycles. The van der Waals surface area contributed by atoms with Crippen LogP contribution in [0, 0.1) is 5.92 Å². The predicted molar refractivity (Wildman–Crippen MR) is 54.7 cm³/mol. The summed E-state index contributed by atoms with van der Waals surface area (Å²) in [5.41, 5.74) is 0. The lowest BCUT2D eigenvalue weighted by atomic mass is 10.1. The zero-order valence-electron chi connectivity index (χ0n) is 9.12. The van der Waals surface area contributed by atoms with Crippen molar-refractivity contribution in [1.29, 1.82) is 0 Å². The molecule has 0 radical (unpaired) electrons. The van der Waals surface area contributed by atoms with Gasteiger partial charge in [-0.2, -0.15) is 4.89 Å². The lowest BCUT2D eigenvalue weighted by Crippen LogP contribution is -1.98. The maximum Gasteiger partial charge on any atom is 0.215 e. The third-order valence-corrected chi connectivity index (χ3v) is 2.08. The predicted octanol–water partition coefficient (Wildman–Crippen LogP) is 2.81. The van der Waals surface area contributed by atoms with Crippen LogP contribution in [-0.4, -0.2) is 19.6 Å². The first-order valence-electron chi connectivity index (χ1n) is 5.04. The Morgan fingerprint density at radius 1 is 1.31 bits per heavy atom. The van der Waals surface area contributed by atoms with Crippen molar-refractivity contribution >= 4 is 6.40 Å². The van der Waals surface area contributed by atoms with Crippen LogP contribution in [0.4, 0.5) is 0 Å². The number of aliphatic imine (C=N–C) groups is 1. The lowest BCUT2D eigenvalue weighted by molar-refractivity contribution is -0.188. The van der Waals surface area contributed by atoms with Crippen LogP contribution in [0.25, 0.3) is 0 Å². The van der Waals surface area contributed by atoms with Crippen molar-refractivity contribution < 1.29 is 9.78 Å². The molecule has 2 atom stereocenters. The monoisotopic (exact) mass is 187 g/mol. The first-order valence-corrected chi connectivity index (χ1v) is 5.04. The third-order valence-electron chi connectivity index (χ3n) is 2.08. The molecule has 0 aromatic rings. The molecule has 0 aromatic heterocycles. The Kier molecular flexibility index (Phi) is 7.69. The van der Waals surface area contributed by atoms with Crippen LogP contribution in [0.5, 0.6) is 0 Å². The number of hydrogen-bond acceptors (Lipinski definition) is 3. The molecule has 0 aliphatic heterocycles. The van der Waals surface area contributed by atoms with Gasteiger partial charge in [-0.25, -0.2) is 0 Å². The van der Waals surface area contributed by atoms with E-state index < -0.39 is 0 Å². The van der Waals surface area contributed by atoms with E-state index in [1.54, 1.807) is 0 Å². The molecule has 1 rings (SSSR count). The zero-order valence-corrected chi connectivity index (χ0v) is 9.12. The molecule has 1 fully saturated rings. The smallest absolute Gasteiger partial charge is 0.215 e. The Morgan fingerprint density at radius 3 is 2.46 bits per heavy atom. The van der Waals surface area contributed by atoms with Crippen molar-refractivity contribution in [2.45, 2.75) is 46.1 Å². The molecule has 78 valence electrons. The molecule has 1 aliphatic carbocycles. The highest BCUT2D eigenvalue weighted by atomic mass is 17.2. The maximum atomic E-state index is 4.54. The van der Waals surface area contributed by atoms with E-state index >= 15 is 0 Å². The van der Waals surface area contributed by atoms with Gasteiger partial charge in [-0.15, -0.1) is 0 Å². The quantitative estimate of drug-likeness (QED) is 0.294. The second-order valence-corrected chi connectivity index (χ2v) is 3.09. The van der Waals surface area contributed by atoms with E-state index in [1.165, 1.54) is 32.8 Å². The van der Waals surface area contributed by atoms with Gasteiger partial charge in [-0.1, -0.05) is 20.8 Å². The summed E-state index contributed by atoms with van der Waals surface area (Å²) in [5, 5.41) is 0. The normalized spacial score (nSPS) is 27.1. The first kappa shape index (κ1) is 12.4. The van der Waals surface area contributed by atoms with Gasteiger partial charge < -0.3 is 4.89 Å². The summed E-state index contributed by atoms with van der Waals surface area (Å²) in [5.74, 6) is 0.819. The number of rotatable bonds is 3. The second kappa shape index (κ2) is 8.05. The minimum Gasteiger partial charge on any atom is -0.326 e. The van der Waals surface area contributed by atoms with Gasteiger partial charge in [0.1, 0.15) is 0 Å². The molecule has 0 aromatic carbocycles. The average molecular weight is 187 g/mol. The van der Waals surface area contributed by atoms with Gasteiger partial charge in [-0.05, 0) is 25.2 Å². The highest BCUT2D eigenvalue weighted by molar-refractivity contribution is 5.45.